The maximum absolute atomic E-state index is 6.17. The summed E-state index contributed by atoms with van der Waals surface area (Å²) in [6.07, 6.45) is 0. The van der Waals surface area contributed by atoms with E-state index in [0.717, 1.165) is 39.3 Å². The minimum atomic E-state index is 0.671. The van der Waals surface area contributed by atoms with Crippen molar-refractivity contribution in [3.8, 4) is 11.5 Å². The Balaban J connectivity index is 2.06. The van der Waals surface area contributed by atoms with Gasteiger partial charge in [0.15, 0.2) is 0 Å². The minimum absolute atomic E-state index is 0.671. The highest BCUT2D eigenvalue weighted by Crippen LogP contribution is 2.33. The van der Waals surface area contributed by atoms with Gasteiger partial charge in [0.1, 0.15) is 17.3 Å². The average Bonchev–Trinajstić information content (AvgIpc) is 2.57. The maximum atomic E-state index is 6.17. The first kappa shape index (κ1) is 16.4. The molecule has 3 rings (SSSR count). The second-order valence-corrected chi connectivity index (χ2v) is 6.04. The van der Waals surface area contributed by atoms with Gasteiger partial charge in [-0.25, -0.2) is 4.98 Å². The van der Waals surface area contributed by atoms with Crippen LogP contribution in [0.2, 0.25) is 5.02 Å². The molecule has 0 aliphatic rings. The van der Waals surface area contributed by atoms with E-state index in [9.17, 15) is 0 Å². The fourth-order valence-corrected chi connectivity index (χ4v) is 2.79. The molecule has 3 aromatic rings. The Labute approximate surface area is 146 Å². The number of fused-ring (bicyclic) bond motifs is 1. The molecule has 1 aromatic heterocycles. The largest absolute Gasteiger partial charge is 0.497 e. The first-order valence-corrected chi connectivity index (χ1v) is 7.96. The third-order valence-corrected chi connectivity index (χ3v) is 4.37. The molecule has 0 spiro atoms. The molecule has 5 heteroatoms. The van der Waals surface area contributed by atoms with Gasteiger partial charge in [0.25, 0.3) is 0 Å². The Morgan fingerprint density at radius 2 is 1.75 bits per heavy atom. The number of methoxy groups -OCH3 is 2. The number of aromatic nitrogens is 1. The number of pyridine rings is 1. The summed E-state index contributed by atoms with van der Waals surface area (Å²) in [5.41, 5.74) is 3.81. The first-order chi connectivity index (χ1) is 11.5. The lowest BCUT2D eigenvalue weighted by molar-refractivity contribution is 0.415. The third-order valence-electron chi connectivity index (χ3n) is 3.97. The predicted molar refractivity (Wildman–Crippen MR) is 99.1 cm³/mol. The molecule has 0 amide bonds. The van der Waals surface area contributed by atoms with E-state index >= 15 is 0 Å². The average molecular weight is 343 g/mol. The zero-order chi connectivity index (χ0) is 17.3. The Morgan fingerprint density at radius 1 is 0.958 bits per heavy atom. The fourth-order valence-electron chi connectivity index (χ4n) is 2.64. The number of hydrogen-bond donors (Lipinski definition) is 1. The molecule has 0 saturated heterocycles. The van der Waals surface area contributed by atoms with Crippen molar-refractivity contribution in [3.63, 3.8) is 0 Å². The number of anilines is 2. The highest BCUT2D eigenvalue weighted by atomic mass is 35.5. The van der Waals surface area contributed by atoms with Crippen LogP contribution in [0.1, 0.15) is 11.1 Å². The van der Waals surface area contributed by atoms with Crippen LogP contribution >= 0.6 is 11.6 Å². The van der Waals surface area contributed by atoms with Crippen molar-refractivity contribution >= 4 is 34.0 Å². The molecular formula is C19H19ClN2O2. The van der Waals surface area contributed by atoms with Crippen molar-refractivity contribution in [1.82, 2.24) is 4.98 Å². The number of nitrogens with one attached hydrogen (secondary N) is 1. The zero-order valence-corrected chi connectivity index (χ0v) is 14.9. The minimum Gasteiger partial charge on any atom is -0.497 e. The molecule has 1 heterocycles. The molecule has 4 nitrogen and oxygen atoms in total. The standard InChI is InChI=1S/C19H19ClN2O2/c1-11-8-19(21-16-9-13(23-3)5-6-14(11)16)22-17-7-12(2)15(20)10-18(17)24-4/h5-10H,1-4H3,(H,21,22). The van der Waals surface area contributed by atoms with Gasteiger partial charge < -0.3 is 14.8 Å². The number of nitrogens with zero attached hydrogens (tertiary/aromatic N) is 1. The van der Waals surface area contributed by atoms with Crippen molar-refractivity contribution in [2.45, 2.75) is 13.8 Å². The Kier molecular flexibility index (Phi) is 4.49. The quantitative estimate of drug-likeness (QED) is 0.701. The van der Waals surface area contributed by atoms with Crippen LogP contribution in [0, 0.1) is 13.8 Å². The summed E-state index contributed by atoms with van der Waals surface area (Å²) in [5.74, 6) is 2.20. The molecule has 0 radical (unpaired) electrons. The molecule has 24 heavy (non-hydrogen) atoms. The van der Waals surface area contributed by atoms with E-state index in [1.54, 1.807) is 20.3 Å². The SMILES string of the molecule is COc1ccc2c(C)cc(Nc3cc(C)c(Cl)cc3OC)nc2c1. The van der Waals surface area contributed by atoms with Crippen LogP contribution < -0.4 is 14.8 Å². The Bertz CT molecular complexity index is 909. The van der Waals surface area contributed by atoms with Gasteiger partial charge in [-0.05, 0) is 49.2 Å². The molecule has 124 valence electrons. The lowest BCUT2D eigenvalue weighted by Crippen LogP contribution is -1.99. The van der Waals surface area contributed by atoms with Crippen LogP contribution in [0.3, 0.4) is 0 Å². The van der Waals surface area contributed by atoms with Crippen molar-refractivity contribution < 1.29 is 9.47 Å². The van der Waals surface area contributed by atoms with E-state index in [2.05, 4.69) is 17.2 Å². The maximum Gasteiger partial charge on any atom is 0.143 e. The summed E-state index contributed by atoms with van der Waals surface area (Å²) in [7, 11) is 3.27. The topological polar surface area (TPSA) is 43.4 Å². The summed E-state index contributed by atoms with van der Waals surface area (Å²) in [6.45, 7) is 4.02. The van der Waals surface area contributed by atoms with Crippen LogP contribution in [-0.4, -0.2) is 19.2 Å². The summed E-state index contributed by atoms with van der Waals surface area (Å²) in [4.78, 5) is 4.69. The predicted octanol–water partition coefficient (Wildman–Crippen LogP) is 5.27. The fraction of sp³-hybridized carbons (Fsp3) is 0.211. The number of ether oxygens (including phenoxy) is 2. The van der Waals surface area contributed by atoms with Crippen LogP contribution in [0.5, 0.6) is 11.5 Å². The number of hydrogen-bond acceptors (Lipinski definition) is 4. The van der Waals surface area contributed by atoms with Gasteiger partial charge in [0, 0.05) is 22.5 Å². The molecule has 0 aliphatic heterocycles. The van der Waals surface area contributed by atoms with Gasteiger partial charge >= 0.3 is 0 Å². The normalized spacial score (nSPS) is 10.7. The molecule has 0 atom stereocenters. The molecule has 0 fully saturated rings. The number of rotatable bonds is 4. The van der Waals surface area contributed by atoms with Crippen molar-refractivity contribution in [2.75, 3.05) is 19.5 Å². The van der Waals surface area contributed by atoms with Crippen LogP contribution in [-0.2, 0) is 0 Å². The van der Waals surface area contributed by atoms with Crippen molar-refractivity contribution in [2.24, 2.45) is 0 Å². The van der Waals surface area contributed by atoms with Gasteiger partial charge in [0.2, 0.25) is 0 Å². The van der Waals surface area contributed by atoms with Crippen LogP contribution in [0.25, 0.3) is 10.9 Å². The molecule has 2 aromatic carbocycles. The Morgan fingerprint density at radius 3 is 2.46 bits per heavy atom. The second-order valence-electron chi connectivity index (χ2n) is 5.63. The van der Waals surface area contributed by atoms with E-state index in [1.807, 2.05) is 37.3 Å². The molecule has 1 N–H and O–H groups in total. The van der Waals surface area contributed by atoms with Crippen molar-refractivity contribution in [3.05, 3.63) is 52.5 Å². The zero-order valence-electron chi connectivity index (χ0n) is 14.1. The van der Waals surface area contributed by atoms with Crippen LogP contribution in [0.4, 0.5) is 11.5 Å². The second kappa shape index (κ2) is 6.57. The van der Waals surface area contributed by atoms with E-state index in [0.29, 0.717) is 10.8 Å². The summed E-state index contributed by atoms with van der Waals surface area (Å²) >= 11 is 6.17. The Hall–Kier alpha value is -2.46. The van der Waals surface area contributed by atoms with Crippen molar-refractivity contribution in [1.29, 1.82) is 0 Å². The van der Waals surface area contributed by atoms with Gasteiger partial charge in [0.05, 0.1) is 25.4 Å². The molecule has 0 aliphatic carbocycles. The van der Waals surface area contributed by atoms with E-state index in [-0.39, 0.29) is 0 Å². The van der Waals surface area contributed by atoms with Gasteiger partial charge in [-0.15, -0.1) is 0 Å². The smallest absolute Gasteiger partial charge is 0.143 e. The monoisotopic (exact) mass is 342 g/mol. The molecule has 0 unspecified atom stereocenters. The van der Waals surface area contributed by atoms with E-state index < -0.39 is 0 Å². The molecule has 0 saturated carbocycles. The lowest BCUT2D eigenvalue weighted by atomic mass is 10.1. The highest BCUT2D eigenvalue weighted by molar-refractivity contribution is 6.31. The van der Waals surface area contributed by atoms with Gasteiger partial charge in [-0.2, -0.15) is 0 Å². The summed E-state index contributed by atoms with van der Waals surface area (Å²) in [6, 6.07) is 11.7. The molecular weight excluding hydrogens is 324 g/mol. The van der Waals surface area contributed by atoms with Gasteiger partial charge in [-0.3, -0.25) is 0 Å². The first-order valence-electron chi connectivity index (χ1n) is 7.58. The summed E-state index contributed by atoms with van der Waals surface area (Å²) in [5, 5.41) is 5.10. The number of benzene rings is 2. The van der Waals surface area contributed by atoms with E-state index in [1.165, 1.54) is 0 Å². The lowest BCUT2D eigenvalue weighted by Gasteiger charge is -2.14. The van der Waals surface area contributed by atoms with Crippen LogP contribution in [0.15, 0.2) is 36.4 Å². The van der Waals surface area contributed by atoms with E-state index in [4.69, 9.17) is 21.1 Å². The highest BCUT2D eigenvalue weighted by Gasteiger charge is 2.10. The third kappa shape index (κ3) is 3.10. The van der Waals surface area contributed by atoms with Gasteiger partial charge in [-0.1, -0.05) is 11.6 Å². The summed E-state index contributed by atoms with van der Waals surface area (Å²) < 4.78 is 10.7. The molecule has 0 bridgehead atoms. The number of aryl methyl sites for hydroxylation is 2. The number of halogens is 1.